The van der Waals surface area contributed by atoms with Crippen molar-refractivity contribution in [1.82, 2.24) is 4.98 Å². The number of hydrogen-bond acceptors (Lipinski definition) is 4. The Labute approximate surface area is 119 Å². The van der Waals surface area contributed by atoms with Gasteiger partial charge in [-0.25, -0.2) is 9.37 Å². The molecule has 1 aliphatic heterocycles. The van der Waals surface area contributed by atoms with Crippen LogP contribution in [0.3, 0.4) is 0 Å². The van der Waals surface area contributed by atoms with E-state index >= 15 is 0 Å². The summed E-state index contributed by atoms with van der Waals surface area (Å²) in [5.41, 5.74) is 7.43. The third-order valence-electron chi connectivity index (χ3n) is 3.84. The Hall–Kier alpha value is -1.01. The number of halogens is 2. The van der Waals surface area contributed by atoms with Crippen molar-refractivity contribution >= 4 is 28.0 Å². The number of nitrogens with one attached hydrogen (secondary N) is 1. The van der Waals surface area contributed by atoms with Crippen LogP contribution >= 0.6 is 15.9 Å². The zero-order chi connectivity index (χ0) is 13.4. The molecule has 1 saturated carbocycles. The van der Waals surface area contributed by atoms with Crippen LogP contribution in [-0.4, -0.2) is 23.3 Å². The van der Waals surface area contributed by atoms with Gasteiger partial charge >= 0.3 is 0 Å². The summed E-state index contributed by atoms with van der Waals surface area (Å²) in [7, 11) is 0. The maximum atomic E-state index is 14.4. The number of aliphatic imine (C=N–C) groups is 1. The number of pyridine rings is 1. The van der Waals surface area contributed by atoms with Gasteiger partial charge in [0.1, 0.15) is 4.60 Å². The molecular formula is C13H16BrFN4. The van der Waals surface area contributed by atoms with E-state index in [1.807, 2.05) is 0 Å². The van der Waals surface area contributed by atoms with Crippen molar-refractivity contribution in [3.8, 4) is 0 Å². The number of anilines is 1. The van der Waals surface area contributed by atoms with E-state index in [0.29, 0.717) is 22.5 Å². The molecule has 1 aromatic heterocycles. The number of aromatic nitrogens is 1. The summed E-state index contributed by atoms with van der Waals surface area (Å²) in [6, 6.07) is 0.168. The second kappa shape index (κ2) is 5.17. The molecule has 0 saturated heterocycles. The summed E-state index contributed by atoms with van der Waals surface area (Å²) in [5, 5.41) is 3.17. The lowest BCUT2D eigenvalue weighted by Gasteiger charge is -2.30. The summed E-state index contributed by atoms with van der Waals surface area (Å²) >= 11 is 3.37. The van der Waals surface area contributed by atoms with Crippen LogP contribution in [0.15, 0.2) is 9.60 Å². The molecule has 102 valence electrons. The van der Waals surface area contributed by atoms with Gasteiger partial charge in [-0.15, -0.1) is 0 Å². The lowest BCUT2D eigenvalue weighted by atomic mass is 9.91. The van der Waals surface area contributed by atoms with Crippen LogP contribution in [-0.2, 0) is 6.54 Å². The quantitative estimate of drug-likeness (QED) is 0.821. The minimum absolute atomic E-state index is 0.0678. The standard InChI is InChI=1S/C13H16BrFN4/c14-12-8-6-17-5-7(8)11(15)13(19-12)18-10-4-2-1-3-9(10)16/h6,9-10H,1-5,16H2,(H,18,19)/t9-,10+/m0/s1. The maximum Gasteiger partial charge on any atom is 0.171 e. The van der Waals surface area contributed by atoms with E-state index in [-0.39, 0.29) is 17.9 Å². The Morgan fingerprint density at radius 3 is 2.95 bits per heavy atom. The van der Waals surface area contributed by atoms with Crippen LogP contribution < -0.4 is 11.1 Å². The van der Waals surface area contributed by atoms with Gasteiger partial charge in [-0.1, -0.05) is 12.8 Å². The van der Waals surface area contributed by atoms with Crippen LogP contribution in [0.25, 0.3) is 0 Å². The van der Waals surface area contributed by atoms with E-state index in [9.17, 15) is 4.39 Å². The Morgan fingerprint density at radius 2 is 2.16 bits per heavy atom. The lowest BCUT2D eigenvalue weighted by Crippen LogP contribution is -2.43. The molecule has 6 heteroatoms. The van der Waals surface area contributed by atoms with Crippen molar-refractivity contribution in [1.29, 1.82) is 0 Å². The van der Waals surface area contributed by atoms with Crippen LogP contribution in [0, 0.1) is 5.82 Å². The summed E-state index contributed by atoms with van der Waals surface area (Å²) in [6.07, 6.45) is 5.88. The van der Waals surface area contributed by atoms with Crippen molar-refractivity contribution < 1.29 is 4.39 Å². The van der Waals surface area contributed by atoms with Gasteiger partial charge in [0.2, 0.25) is 0 Å². The summed E-state index contributed by atoms with van der Waals surface area (Å²) in [6.45, 7) is 0.383. The van der Waals surface area contributed by atoms with Crippen molar-refractivity contribution in [2.24, 2.45) is 10.7 Å². The molecule has 19 heavy (non-hydrogen) atoms. The highest BCUT2D eigenvalue weighted by Crippen LogP contribution is 2.30. The molecule has 0 bridgehead atoms. The Morgan fingerprint density at radius 1 is 1.37 bits per heavy atom. The fourth-order valence-corrected chi connectivity index (χ4v) is 3.24. The zero-order valence-electron chi connectivity index (χ0n) is 10.5. The number of rotatable bonds is 2. The van der Waals surface area contributed by atoms with E-state index in [1.54, 1.807) is 6.21 Å². The van der Waals surface area contributed by atoms with Crippen LogP contribution in [0.5, 0.6) is 0 Å². The molecule has 3 N–H and O–H groups in total. The van der Waals surface area contributed by atoms with Crippen LogP contribution in [0.1, 0.15) is 36.8 Å². The Bertz CT molecular complexity index is 532. The molecule has 2 aliphatic rings. The molecule has 1 aromatic rings. The molecule has 0 radical (unpaired) electrons. The molecule has 0 unspecified atom stereocenters. The Kier molecular flexibility index (Phi) is 3.54. The molecule has 1 fully saturated rings. The number of hydrogen-bond donors (Lipinski definition) is 2. The smallest absolute Gasteiger partial charge is 0.171 e. The maximum absolute atomic E-state index is 14.4. The summed E-state index contributed by atoms with van der Waals surface area (Å²) in [4.78, 5) is 8.35. The number of nitrogens with zero attached hydrogens (tertiary/aromatic N) is 2. The first-order chi connectivity index (χ1) is 9.16. The molecule has 0 spiro atoms. The summed E-state index contributed by atoms with van der Waals surface area (Å²) in [5.74, 6) is -0.00746. The van der Waals surface area contributed by atoms with E-state index in [0.717, 1.165) is 31.2 Å². The van der Waals surface area contributed by atoms with Crippen molar-refractivity contribution in [3.05, 3.63) is 21.5 Å². The lowest BCUT2D eigenvalue weighted by molar-refractivity contribution is 0.401. The molecule has 1 aliphatic carbocycles. The molecule has 2 atom stereocenters. The van der Waals surface area contributed by atoms with E-state index < -0.39 is 0 Å². The highest BCUT2D eigenvalue weighted by atomic mass is 79.9. The van der Waals surface area contributed by atoms with Crippen molar-refractivity contribution in [2.45, 2.75) is 44.3 Å². The predicted molar refractivity (Wildman–Crippen MR) is 77.0 cm³/mol. The average molecular weight is 327 g/mol. The highest BCUT2D eigenvalue weighted by molar-refractivity contribution is 9.10. The van der Waals surface area contributed by atoms with Gasteiger partial charge in [0.05, 0.1) is 6.54 Å². The predicted octanol–water partition coefficient (Wildman–Crippen LogP) is 2.60. The van der Waals surface area contributed by atoms with E-state index in [2.05, 4.69) is 31.2 Å². The molecule has 0 aromatic carbocycles. The molecule has 4 nitrogen and oxygen atoms in total. The molecule has 0 amide bonds. The topological polar surface area (TPSA) is 63.3 Å². The first kappa shape index (κ1) is 13.0. The molecule has 3 rings (SSSR count). The van der Waals surface area contributed by atoms with Gasteiger partial charge in [-0.2, -0.15) is 0 Å². The first-order valence-corrected chi connectivity index (χ1v) is 7.36. The van der Waals surface area contributed by atoms with Crippen molar-refractivity contribution in [2.75, 3.05) is 5.32 Å². The summed E-state index contributed by atoms with van der Waals surface area (Å²) < 4.78 is 15.0. The van der Waals surface area contributed by atoms with Crippen molar-refractivity contribution in [3.63, 3.8) is 0 Å². The van der Waals surface area contributed by atoms with Gasteiger partial charge in [0.15, 0.2) is 11.6 Å². The normalized spacial score (nSPS) is 25.4. The first-order valence-electron chi connectivity index (χ1n) is 6.56. The molecular weight excluding hydrogens is 311 g/mol. The van der Waals surface area contributed by atoms with Gasteiger partial charge in [-0.3, -0.25) is 4.99 Å². The van der Waals surface area contributed by atoms with Crippen LogP contribution in [0.2, 0.25) is 0 Å². The highest BCUT2D eigenvalue weighted by Gasteiger charge is 2.26. The fraction of sp³-hybridized carbons (Fsp3) is 0.538. The number of fused-ring (bicyclic) bond motifs is 1. The second-order valence-electron chi connectivity index (χ2n) is 5.13. The monoisotopic (exact) mass is 326 g/mol. The fourth-order valence-electron chi connectivity index (χ4n) is 2.72. The van der Waals surface area contributed by atoms with E-state index in [1.165, 1.54) is 0 Å². The van der Waals surface area contributed by atoms with Crippen LogP contribution in [0.4, 0.5) is 10.2 Å². The second-order valence-corrected chi connectivity index (χ2v) is 5.88. The average Bonchev–Trinajstić information content (AvgIpc) is 2.88. The van der Waals surface area contributed by atoms with Gasteiger partial charge < -0.3 is 11.1 Å². The third kappa shape index (κ3) is 2.39. The largest absolute Gasteiger partial charge is 0.363 e. The minimum atomic E-state index is -0.298. The van der Waals surface area contributed by atoms with Gasteiger partial charge in [0, 0.05) is 29.4 Å². The SMILES string of the molecule is N[C@H]1CCCC[C@H]1Nc1nc(Br)c2c(c1F)CN=C2. The van der Waals surface area contributed by atoms with Gasteiger partial charge in [0.25, 0.3) is 0 Å². The minimum Gasteiger partial charge on any atom is -0.363 e. The Balaban J connectivity index is 1.88. The third-order valence-corrected chi connectivity index (χ3v) is 4.45. The number of nitrogens with two attached hydrogens (primary N) is 1. The molecule has 2 heterocycles. The van der Waals surface area contributed by atoms with Gasteiger partial charge in [-0.05, 0) is 28.8 Å². The zero-order valence-corrected chi connectivity index (χ0v) is 12.1. The van der Waals surface area contributed by atoms with E-state index in [4.69, 9.17) is 5.73 Å².